The molecule has 0 radical (unpaired) electrons. The molecule has 1 N–H and O–H groups in total. The predicted octanol–water partition coefficient (Wildman–Crippen LogP) is 3.23. The third-order valence-corrected chi connectivity index (χ3v) is 4.99. The molecule has 0 saturated carbocycles. The van der Waals surface area contributed by atoms with Gasteiger partial charge in [-0.3, -0.25) is 0 Å². The zero-order chi connectivity index (χ0) is 15.6. The van der Waals surface area contributed by atoms with Crippen LogP contribution in [0.25, 0.3) is 0 Å². The maximum absolute atomic E-state index is 13.3. The van der Waals surface area contributed by atoms with Gasteiger partial charge in [0.25, 0.3) is 0 Å². The summed E-state index contributed by atoms with van der Waals surface area (Å²) in [5.74, 6) is -0.428. The molecular weight excluding hydrogens is 289 g/mol. The fraction of sp³-hybridized carbons (Fsp3) is 0.250. The summed E-state index contributed by atoms with van der Waals surface area (Å²) in [5, 5.41) is 0. The highest BCUT2D eigenvalue weighted by Gasteiger charge is 2.20. The van der Waals surface area contributed by atoms with E-state index in [1.807, 2.05) is 31.2 Å². The van der Waals surface area contributed by atoms with Crippen molar-refractivity contribution in [3.8, 4) is 0 Å². The highest BCUT2D eigenvalue weighted by Crippen LogP contribution is 2.21. The van der Waals surface area contributed by atoms with Crippen LogP contribution in [-0.4, -0.2) is 8.42 Å². The highest BCUT2D eigenvalue weighted by molar-refractivity contribution is 7.89. The van der Waals surface area contributed by atoms with Gasteiger partial charge in [-0.15, -0.1) is 0 Å². The summed E-state index contributed by atoms with van der Waals surface area (Å²) < 4.78 is 40.6. The molecule has 5 heteroatoms. The van der Waals surface area contributed by atoms with E-state index in [0.717, 1.165) is 11.1 Å². The Labute approximate surface area is 124 Å². The van der Waals surface area contributed by atoms with Crippen LogP contribution in [0, 0.1) is 26.6 Å². The van der Waals surface area contributed by atoms with E-state index in [1.54, 1.807) is 13.8 Å². The van der Waals surface area contributed by atoms with E-state index >= 15 is 0 Å². The third kappa shape index (κ3) is 3.68. The lowest BCUT2D eigenvalue weighted by atomic mass is 10.1. The summed E-state index contributed by atoms with van der Waals surface area (Å²) in [4.78, 5) is 0.149. The first-order chi connectivity index (χ1) is 9.79. The first kappa shape index (κ1) is 15.7. The number of sulfonamides is 1. The van der Waals surface area contributed by atoms with Gasteiger partial charge in [0, 0.05) is 6.54 Å². The second-order valence-electron chi connectivity index (χ2n) is 5.18. The van der Waals surface area contributed by atoms with Crippen LogP contribution in [0.4, 0.5) is 4.39 Å². The van der Waals surface area contributed by atoms with E-state index in [4.69, 9.17) is 0 Å². The van der Waals surface area contributed by atoms with Crippen molar-refractivity contribution >= 4 is 10.0 Å². The molecule has 0 fully saturated rings. The smallest absolute Gasteiger partial charge is 0.207 e. The normalized spacial score (nSPS) is 11.6. The van der Waals surface area contributed by atoms with E-state index in [1.165, 1.54) is 12.1 Å². The molecule has 0 aliphatic carbocycles. The maximum atomic E-state index is 13.3. The van der Waals surface area contributed by atoms with E-state index in [0.29, 0.717) is 11.1 Å². The van der Waals surface area contributed by atoms with Gasteiger partial charge in [0.1, 0.15) is 5.82 Å². The number of hydrogen-bond donors (Lipinski definition) is 1. The van der Waals surface area contributed by atoms with Gasteiger partial charge in [-0.2, -0.15) is 0 Å². The zero-order valence-corrected chi connectivity index (χ0v) is 13.1. The van der Waals surface area contributed by atoms with Crippen LogP contribution in [0.15, 0.2) is 41.3 Å². The molecule has 0 saturated heterocycles. The minimum Gasteiger partial charge on any atom is -0.207 e. The molecule has 3 nitrogen and oxygen atoms in total. The Morgan fingerprint density at radius 1 is 1.00 bits per heavy atom. The van der Waals surface area contributed by atoms with Gasteiger partial charge in [0.05, 0.1) is 4.90 Å². The monoisotopic (exact) mass is 307 g/mol. The van der Waals surface area contributed by atoms with E-state index in [9.17, 15) is 12.8 Å². The maximum Gasteiger partial charge on any atom is 0.241 e. The lowest BCUT2D eigenvalue weighted by Crippen LogP contribution is -2.25. The topological polar surface area (TPSA) is 46.2 Å². The molecule has 0 unspecified atom stereocenters. The summed E-state index contributed by atoms with van der Waals surface area (Å²) in [5.41, 5.74) is 2.81. The summed E-state index contributed by atoms with van der Waals surface area (Å²) in [6, 6.07) is 10.1. The molecule has 0 bridgehead atoms. The molecule has 21 heavy (non-hydrogen) atoms. The SMILES string of the molecule is Cc1ccc(CNS(=O)(=O)c2c(C)cc(F)cc2C)cc1. The highest BCUT2D eigenvalue weighted by atomic mass is 32.2. The van der Waals surface area contributed by atoms with Crippen LogP contribution < -0.4 is 4.72 Å². The van der Waals surface area contributed by atoms with Crippen molar-refractivity contribution in [3.63, 3.8) is 0 Å². The Bertz CT molecular complexity index is 729. The summed E-state index contributed by atoms with van der Waals surface area (Å²) in [6.07, 6.45) is 0. The molecule has 2 aromatic carbocycles. The molecule has 0 spiro atoms. The van der Waals surface area contributed by atoms with Gasteiger partial charge in [0.2, 0.25) is 10.0 Å². The molecule has 0 heterocycles. The van der Waals surface area contributed by atoms with Crippen LogP contribution in [0.1, 0.15) is 22.3 Å². The first-order valence-corrected chi connectivity index (χ1v) is 8.10. The quantitative estimate of drug-likeness (QED) is 0.942. The minimum absolute atomic E-state index is 0.149. The minimum atomic E-state index is -3.66. The lowest BCUT2D eigenvalue weighted by molar-refractivity contribution is 0.578. The Kier molecular flexibility index (Phi) is 4.44. The lowest BCUT2D eigenvalue weighted by Gasteiger charge is -2.12. The molecule has 0 aliphatic rings. The standard InChI is InChI=1S/C16H18FNO2S/c1-11-4-6-14(7-5-11)10-18-21(19,20)16-12(2)8-15(17)9-13(16)3/h4-9,18H,10H2,1-3H3. The number of nitrogens with one attached hydrogen (secondary N) is 1. The Balaban J connectivity index is 2.25. The van der Waals surface area contributed by atoms with Crippen molar-refractivity contribution in [3.05, 3.63) is 64.5 Å². The van der Waals surface area contributed by atoms with Crippen molar-refractivity contribution in [2.24, 2.45) is 0 Å². The van der Waals surface area contributed by atoms with E-state index in [-0.39, 0.29) is 11.4 Å². The van der Waals surface area contributed by atoms with Gasteiger partial charge < -0.3 is 0 Å². The van der Waals surface area contributed by atoms with Crippen molar-refractivity contribution in [2.75, 3.05) is 0 Å². The first-order valence-electron chi connectivity index (χ1n) is 6.61. The molecular formula is C16H18FNO2S. The van der Waals surface area contributed by atoms with Gasteiger partial charge in [0.15, 0.2) is 0 Å². The van der Waals surface area contributed by atoms with Crippen LogP contribution in [-0.2, 0) is 16.6 Å². The van der Waals surface area contributed by atoms with Crippen molar-refractivity contribution in [1.82, 2.24) is 4.72 Å². The van der Waals surface area contributed by atoms with Crippen LogP contribution >= 0.6 is 0 Å². The van der Waals surface area contributed by atoms with Gasteiger partial charge >= 0.3 is 0 Å². The molecule has 0 aliphatic heterocycles. The van der Waals surface area contributed by atoms with Crippen LogP contribution in [0.2, 0.25) is 0 Å². The van der Waals surface area contributed by atoms with Crippen molar-refractivity contribution in [1.29, 1.82) is 0 Å². The molecule has 0 aromatic heterocycles. The van der Waals surface area contributed by atoms with Crippen molar-refractivity contribution < 1.29 is 12.8 Å². The van der Waals surface area contributed by atoms with Crippen molar-refractivity contribution in [2.45, 2.75) is 32.2 Å². The average molecular weight is 307 g/mol. The predicted molar refractivity (Wildman–Crippen MR) is 81.1 cm³/mol. The summed E-state index contributed by atoms with van der Waals surface area (Å²) >= 11 is 0. The molecule has 0 amide bonds. The number of halogens is 1. The largest absolute Gasteiger partial charge is 0.241 e. The van der Waals surface area contributed by atoms with Gasteiger partial charge in [-0.25, -0.2) is 17.5 Å². The Morgan fingerprint density at radius 2 is 1.52 bits per heavy atom. The van der Waals surface area contributed by atoms with E-state index < -0.39 is 15.8 Å². The molecule has 2 rings (SSSR count). The molecule has 2 aromatic rings. The second-order valence-corrected chi connectivity index (χ2v) is 6.88. The number of aryl methyl sites for hydroxylation is 3. The third-order valence-electron chi connectivity index (χ3n) is 3.28. The van der Waals surface area contributed by atoms with Crippen LogP contribution in [0.3, 0.4) is 0 Å². The zero-order valence-electron chi connectivity index (χ0n) is 12.3. The van der Waals surface area contributed by atoms with E-state index in [2.05, 4.69) is 4.72 Å². The summed E-state index contributed by atoms with van der Waals surface area (Å²) in [6.45, 7) is 5.37. The molecule has 0 atom stereocenters. The fourth-order valence-electron chi connectivity index (χ4n) is 2.28. The van der Waals surface area contributed by atoms with Gasteiger partial charge in [-0.05, 0) is 49.6 Å². The number of benzene rings is 2. The van der Waals surface area contributed by atoms with Gasteiger partial charge in [-0.1, -0.05) is 29.8 Å². The Hall–Kier alpha value is -1.72. The van der Waals surface area contributed by atoms with Crippen LogP contribution in [0.5, 0.6) is 0 Å². The average Bonchev–Trinajstić information content (AvgIpc) is 2.36. The fourth-order valence-corrected chi connectivity index (χ4v) is 3.74. The number of hydrogen-bond acceptors (Lipinski definition) is 2. The second kappa shape index (κ2) is 5.95. The molecule has 112 valence electrons. The number of rotatable bonds is 4. The summed E-state index contributed by atoms with van der Waals surface area (Å²) in [7, 11) is -3.66. The Morgan fingerprint density at radius 3 is 2.05 bits per heavy atom.